The van der Waals surface area contributed by atoms with Crippen LogP contribution < -0.4 is 10.6 Å². The van der Waals surface area contributed by atoms with Crippen molar-refractivity contribution in [2.24, 2.45) is 17.8 Å². The average Bonchev–Trinajstić information content (AvgIpc) is 3.06. The number of aromatic nitrogens is 1. The predicted molar refractivity (Wildman–Crippen MR) is 71.7 cm³/mol. The molecule has 0 aliphatic heterocycles. The Morgan fingerprint density at radius 1 is 1.47 bits per heavy atom. The molecule has 2 N–H and O–H groups in total. The quantitative estimate of drug-likeness (QED) is 0.819. The van der Waals surface area contributed by atoms with Crippen LogP contribution in [0.4, 0.5) is 10.7 Å². The number of fused-ring (bicyclic) bond motifs is 2. The summed E-state index contributed by atoms with van der Waals surface area (Å²) >= 11 is 0. The van der Waals surface area contributed by atoms with Gasteiger partial charge in [-0.05, 0) is 43.9 Å². The van der Waals surface area contributed by atoms with E-state index in [9.17, 15) is 4.79 Å². The molecule has 5 heteroatoms. The van der Waals surface area contributed by atoms with Gasteiger partial charge in [-0.2, -0.15) is 0 Å². The lowest BCUT2D eigenvalue weighted by Crippen LogP contribution is -2.30. The number of amides is 2. The highest BCUT2D eigenvalue weighted by molar-refractivity contribution is 5.87. The molecule has 0 aromatic carbocycles. The first-order chi connectivity index (χ1) is 9.20. The van der Waals surface area contributed by atoms with E-state index in [0.29, 0.717) is 12.4 Å². The van der Waals surface area contributed by atoms with Crippen LogP contribution in [0.5, 0.6) is 0 Å². The van der Waals surface area contributed by atoms with Gasteiger partial charge in [0, 0.05) is 12.6 Å². The van der Waals surface area contributed by atoms with Gasteiger partial charge < -0.3 is 9.84 Å². The summed E-state index contributed by atoms with van der Waals surface area (Å²) in [5.74, 6) is 2.66. The molecular weight excluding hydrogens is 242 g/mol. The molecule has 5 nitrogen and oxygen atoms in total. The molecule has 0 spiro atoms. The number of urea groups is 1. The van der Waals surface area contributed by atoms with Crippen LogP contribution in [0, 0.1) is 24.7 Å². The molecule has 2 aliphatic rings. The van der Waals surface area contributed by atoms with Crippen molar-refractivity contribution in [1.29, 1.82) is 0 Å². The van der Waals surface area contributed by atoms with Crippen LogP contribution in [0.3, 0.4) is 0 Å². The summed E-state index contributed by atoms with van der Waals surface area (Å²) in [7, 11) is 0. The van der Waals surface area contributed by atoms with Crippen LogP contribution in [-0.4, -0.2) is 17.7 Å². The SMILES string of the molecule is Cc1cc(NC(=O)NCC[C@@H]2C[C@@H]3C=C[C@H]2C3)on1. The normalized spacial score (nSPS) is 27.7. The van der Waals surface area contributed by atoms with Gasteiger partial charge in [0.1, 0.15) is 0 Å². The second-order valence-electron chi connectivity index (χ2n) is 5.54. The van der Waals surface area contributed by atoms with Crippen molar-refractivity contribution >= 4 is 11.9 Å². The van der Waals surface area contributed by atoms with E-state index < -0.39 is 0 Å². The van der Waals surface area contributed by atoms with Crippen molar-refractivity contribution in [3.63, 3.8) is 0 Å². The summed E-state index contributed by atoms with van der Waals surface area (Å²) in [6.45, 7) is 2.52. The third-order valence-corrected chi connectivity index (χ3v) is 4.08. The average molecular weight is 261 g/mol. The van der Waals surface area contributed by atoms with E-state index in [2.05, 4.69) is 27.9 Å². The molecule has 102 valence electrons. The van der Waals surface area contributed by atoms with Crippen molar-refractivity contribution in [3.8, 4) is 0 Å². The van der Waals surface area contributed by atoms with Gasteiger partial charge in [0.15, 0.2) is 0 Å². The van der Waals surface area contributed by atoms with Crippen LogP contribution in [0.25, 0.3) is 0 Å². The third-order valence-electron chi connectivity index (χ3n) is 4.08. The first kappa shape index (κ1) is 12.3. The third kappa shape index (κ3) is 2.80. The maximum Gasteiger partial charge on any atom is 0.321 e. The largest absolute Gasteiger partial charge is 0.338 e. The number of aryl methyl sites for hydroxylation is 1. The molecule has 1 saturated carbocycles. The molecule has 0 radical (unpaired) electrons. The Morgan fingerprint density at radius 2 is 2.37 bits per heavy atom. The van der Waals surface area contributed by atoms with Gasteiger partial charge in [0.2, 0.25) is 5.88 Å². The number of carbonyl (C=O) groups excluding carboxylic acids is 1. The van der Waals surface area contributed by atoms with Crippen LogP contribution in [0.1, 0.15) is 25.0 Å². The van der Waals surface area contributed by atoms with Crippen LogP contribution in [0.15, 0.2) is 22.7 Å². The molecule has 0 unspecified atom stereocenters. The lowest BCUT2D eigenvalue weighted by atomic mass is 9.91. The van der Waals surface area contributed by atoms with Gasteiger partial charge in [-0.25, -0.2) is 4.79 Å². The Bertz CT molecular complexity index is 495. The highest BCUT2D eigenvalue weighted by atomic mass is 16.5. The number of rotatable bonds is 4. The van der Waals surface area contributed by atoms with E-state index in [0.717, 1.165) is 29.9 Å². The first-order valence-corrected chi connectivity index (χ1v) is 6.87. The van der Waals surface area contributed by atoms with Crippen LogP contribution >= 0.6 is 0 Å². The van der Waals surface area contributed by atoms with E-state index in [1.54, 1.807) is 6.07 Å². The smallest absolute Gasteiger partial charge is 0.321 e. The van der Waals surface area contributed by atoms with Gasteiger partial charge in [-0.3, -0.25) is 5.32 Å². The fraction of sp³-hybridized carbons (Fsp3) is 0.571. The maximum absolute atomic E-state index is 11.6. The zero-order valence-corrected chi connectivity index (χ0v) is 11.1. The molecule has 19 heavy (non-hydrogen) atoms. The monoisotopic (exact) mass is 261 g/mol. The Balaban J connectivity index is 1.38. The molecule has 2 aliphatic carbocycles. The van der Waals surface area contributed by atoms with Gasteiger partial charge in [0.25, 0.3) is 0 Å². The number of hydrogen-bond donors (Lipinski definition) is 2. The minimum absolute atomic E-state index is 0.227. The molecular formula is C14H19N3O2. The van der Waals surface area contributed by atoms with E-state index >= 15 is 0 Å². The van der Waals surface area contributed by atoms with Gasteiger partial charge >= 0.3 is 6.03 Å². The molecule has 3 rings (SSSR count). The molecule has 1 aromatic heterocycles. The summed E-state index contributed by atoms with van der Waals surface area (Å²) < 4.78 is 4.92. The highest BCUT2D eigenvalue weighted by Crippen LogP contribution is 2.44. The fourth-order valence-electron chi connectivity index (χ4n) is 3.18. The number of nitrogens with zero attached hydrogens (tertiary/aromatic N) is 1. The van der Waals surface area contributed by atoms with E-state index in [1.165, 1.54) is 12.8 Å². The standard InChI is InChI=1S/C14H19N3O2/c1-9-6-13(19-17-9)16-14(18)15-5-4-12-8-10-2-3-11(12)7-10/h2-3,6,10-12H,4-5,7-8H2,1H3,(H2,15,16,18)/t10-,11+,12-/m1/s1. The second-order valence-corrected chi connectivity index (χ2v) is 5.54. The van der Waals surface area contributed by atoms with E-state index in [1.807, 2.05) is 6.92 Å². The fourth-order valence-corrected chi connectivity index (χ4v) is 3.18. The predicted octanol–water partition coefficient (Wildman–Crippen LogP) is 2.71. The molecule has 1 fully saturated rings. The lowest BCUT2D eigenvalue weighted by Gasteiger charge is -2.17. The Morgan fingerprint density at radius 3 is 3.00 bits per heavy atom. The zero-order valence-electron chi connectivity index (χ0n) is 11.1. The van der Waals surface area contributed by atoms with Crippen LogP contribution in [0.2, 0.25) is 0 Å². The van der Waals surface area contributed by atoms with Crippen molar-refractivity contribution in [2.75, 3.05) is 11.9 Å². The molecule has 1 aromatic rings. The van der Waals surface area contributed by atoms with E-state index in [-0.39, 0.29) is 6.03 Å². The Kier molecular flexibility index (Phi) is 3.27. The Labute approximate surface area is 112 Å². The van der Waals surface area contributed by atoms with Crippen LogP contribution in [-0.2, 0) is 0 Å². The van der Waals surface area contributed by atoms with Gasteiger partial charge in [-0.15, -0.1) is 0 Å². The topological polar surface area (TPSA) is 67.2 Å². The first-order valence-electron chi connectivity index (χ1n) is 6.87. The minimum atomic E-state index is -0.227. The Hall–Kier alpha value is -1.78. The lowest BCUT2D eigenvalue weighted by molar-refractivity contribution is 0.250. The summed E-state index contributed by atoms with van der Waals surface area (Å²) in [6, 6.07) is 1.47. The zero-order chi connectivity index (χ0) is 13.2. The van der Waals surface area contributed by atoms with Crippen molar-refractivity contribution < 1.29 is 9.32 Å². The summed E-state index contributed by atoms with van der Waals surface area (Å²) in [4.78, 5) is 11.6. The molecule has 1 heterocycles. The van der Waals surface area contributed by atoms with Gasteiger partial charge in [-0.1, -0.05) is 17.3 Å². The molecule has 3 atom stereocenters. The number of anilines is 1. The molecule has 0 saturated heterocycles. The number of hydrogen-bond acceptors (Lipinski definition) is 3. The van der Waals surface area contributed by atoms with Gasteiger partial charge in [0.05, 0.1) is 5.69 Å². The minimum Gasteiger partial charge on any atom is -0.338 e. The number of carbonyl (C=O) groups is 1. The van der Waals surface area contributed by atoms with Crippen molar-refractivity contribution in [2.45, 2.75) is 26.2 Å². The number of nitrogens with one attached hydrogen (secondary N) is 2. The summed E-state index contributed by atoms with van der Waals surface area (Å²) in [5, 5.41) is 9.21. The maximum atomic E-state index is 11.6. The molecule has 2 amide bonds. The summed E-state index contributed by atoms with van der Waals surface area (Å²) in [5.41, 5.74) is 0.754. The highest BCUT2D eigenvalue weighted by Gasteiger charge is 2.34. The molecule has 2 bridgehead atoms. The number of allylic oxidation sites excluding steroid dienone is 2. The van der Waals surface area contributed by atoms with E-state index in [4.69, 9.17) is 4.52 Å². The second kappa shape index (κ2) is 5.07. The van der Waals surface area contributed by atoms with Crippen molar-refractivity contribution in [3.05, 3.63) is 23.9 Å². The van der Waals surface area contributed by atoms with Crippen molar-refractivity contribution in [1.82, 2.24) is 10.5 Å². The summed E-state index contributed by atoms with van der Waals surface area (Å²) in [6.07, 6.45) is 8.33.